The molecule has 3 rings (SSSR count). The summed E-state index contributed by atoms with van der Waals surface area (Å²) in [5.41, 5.74) is 1.77. The number of fused-ring (bicyclic) bond motifs is 1. The summed E-state index contributed by atoms with van der Waals surface area (Å²) in [6.07, 6.45) is 4.23. The molecule has 1 aliphatic carbocycles. The Morgan fingerprint density at radius 2 is 2.21 bits per heavy atom. The Balaban J connectivity index is 1.68. The standard InChI is InChI=1S/C19H20N2O2S/c1-2-13-8-9-15-16(11-20)19(24-17(15)10-13)21-18(22)12-23-14-6-4-3-5-7-14/h3-7,13H,2,8-10,12H2,1H3,(H,21,22). The third kappa shape index (κ3) is 3.60. The van der Waals surface area contributed by atoms with Crippen LogP contribution in [0.4, 0.5) is 5.00 Å². The summed E-state index contributed by atoms with van der Waals surface area (Å²) in [5, 5.41) is 13.0. The van der Waals surface area contributed by atoms with Gasteiger partial charge in [0, 0.05) is 4.88 Å². The maximum Gasteiger partial charge on any atom is 0.262 e. The highest BCUT2D eigenvalue weighted by Crippen LogP contribution is 2.39. The molecular formula is C19H20N2O2S. The molecular weight excluding hydrogens is 320 g/mol. The van der Waals surface area contributed by atoms with Crippen molar-refractivity contribution in [3.05, 3.63) is 46.3 Å². The first-order chi connectivity index (χ1) is 11.7. The van der Waals surface area contributed by atoms with Gasteiger partial charge in [-0.15, -0.1) is 11.3 Å². The van der Waals surface area contributed by atoms with E-state index in [-0.39, 0.29) is 12.5 Å². The summed E-state index contributed by atoms with van der Waals surface area (Å²) in [7, 11) is 0. The molecule has 0 saturated heterocycles. The fourth-order valence-corrected chi connectivity index (χ4v) is 4.37. The van der Waals surface area contributed by atoms with Crippen LogP contribution < -0.4 is 10.1 Å². The van der Waals surface area contributed by atoms with Gasteiger partial charge in [0.15, 0.2) is 6.61 Å². The summed E-state index contributed by atoms with van der Waals surface area (Å²) >= 11 is 1.55. The van der Waals surface area contributed by atoms with Gasteiger partial charge in [0.25, 0.3) is 5.91 Å². The monoisotopic (exact) mass is 340 g/mol. The number of hydrogen-bond acceptors (Lipinski definition) is 4. The Hall–Kier alpha value is -2.32. The Morgan fingerprint density at radius 1 is 1.42 bits per heavy atom. The summed E-state index contributed by atoms with van der Waals surface area (Å²) in [5.74, 6) is 1.11. The number of para-hydroxylation sites is 1. The molecule has 1 amide bonds. The fourth-order valence-electron chi connectivity index (χ4n) is 3.04. The molecule has 5 heteroatoms. The van der Waals surface area contributed by atoms with Crippen molar-refractivity contribution < 1.29 is 9.53 Å². The van der Waals surface area contributed by atoms with Gasteiger partial charge >= 0.3 is 0 Å². The molecule has 1 atom stereocenters. The molecule has 24 heavy (non-hydrogen) atoms. The molecule has 1 unspecified atom stereocenters. The lowest BCUT2D eigenvalue weighted by atomic mass is 9.86. The zero-order valence-electron chi connectivity index (χ0n) is 13.7. The van der Waals surface area contributed by atoms with Crippen LogP contribution in [0.2, 0.25) is 0 Å². The molecule has 4 nitrogen and oxygen atoms in total. The smallest absolute Gasteiger partial charge is 0.262 e. The van der Waals surface area contributed by atoms with Gasteiger partial charge in [-0.25, -0.2) is 0 Å². The highest BCUT2D eigenvalue weighted by Gasteiger charge is 2.25. The van der Waals surface area contributed by atoms with E-state index < -0.39 is 0 Å². The molecule has 0 aliphatic heterocycles. The molecule has 1 heterocycles. The minimum atomic E-state index is -0.235. The summed E-state index contributed by atoms with van der Waals surface area (Å²) in [4.78, 5) is 13.4. The average Bonchev–Trinajstić information content (AvgIpc) is 2.96. The minimum Gasteiger partial charge on any atom is -0.484 e. The Bertz CT molecular complexity index is 762. The lowest BCUT2D eigenvalue weighted by molar-refractivity contribution is -0.118. The van der Waals surface area contributed by atoms with Crippen molar-refractivity contribution in [2.75, 3.05) is 11.9 Å². The molecule has 0 saturated carbocycles. The zero-order chi connectivity index (χ0) is 16.9. The normalized spacial score (nSPS) is 16.1. The maximum absolute atomic E-state index is 12.1. The first-order valence-corrected chi connectivity index (χ1v) is 9.05. The van der Waals surface area contributed by atoms with E-state index in [2.05, 4.69) is 18.3 Å². The van der Waals surface area contributed by atoms with Crippen molar-refractivity contribution >= 4 is 22.2 Å². The Kier molecular flexibility index (Phi) is 5.17. The van der Waals surface area contributed by atoms with Crippen molar-refractivity contribution in [3.8, 4) is 11.8 Å². The molecule has 2 aromatic rings. The van der Waals surface area contributed by atoms with E-state index in [9.17, 15) is 10.1 Å². The number of hydrogen-bond donors (Lipinski definition) is 1. The van der Waals surface area contributed by atoms with Crippen LogP contribution >= 0.6 is 11.3 Å². The van der Waals surface area contributed by atoms with Crippen molar-refractivity contribution in [1.29, 1.82) is 5.26 Å². The topological polar surface area (TPSA) is 62.1 Å². The number of anilines is 1. The Morgan fingerprint density at radius 3 is 2.92 bits per heavy atom. The van der Waals surface area contributed by atoms with Crippen molar-refractivity contribution in [2.45, 2.75) is 32.6 Å². The number of carbonyl (C=O) groups excluding carboxylic acids is 1. The second-order valence-electron chi connectivity index (χ2n) is 5.99. The molecule has 1 aromatic carbocycles. The van der Waals surface area contributed by atoms with Gasteiger partial charge in [-0.05, 0) is 42.9 Å². The number of amides is 1. The van der Waals surface area contributed by atoms with Crippen molar-refractivity contribution in [2.24, 2.45) is 5.92 Å². The molecule has 0 radical (unpaired) electrons. The van der Waals surface area contributed by atoms with Crippen LogP contribution in [-0.2, 0) is 17.6 Å². The van der Waals surface area contributed by atoms with E-state index >= 15 is 0 Å². The van der Waals surface area contributed by atoms with E-state index in [0.29, 0.717) is 22.2 Å². The second-order valence-corrected chi connectivity index (χ2v) is 7.09. The van der Waals surface area contributed by atoms with Gasteiger partial charge in [0.05, 0.1) is 5.56 Å². The van der Waals surface area contributed by atoms with Crippen LogP contribution in [0.5, 0.6) is 5.75 Å². The van der Waals surface area contributed by atoms with Crippen LogP contribution in [0, 0.1) is 17.2 Å². The molecule has 0 spiro atoms. The van der Waals surface area contributed by atoms with Gasteiger partial charge in [0.2, 0.25) is 0 Å². The molecule has 0 bridgehead atoms. The van der Waals surface area contributed by atoms with Gasteiger partial charge < -0.3 is 10.1 Å². The van der Waals surface area contributed by atoms with Crippen molar-refractivity contribution in [1.82, 2.24) is 0 Å². The van der Waals surface area contributed by atoms with E-state index in [1.165, 1.54) is 4.88 Å². The summed E-state index contributed by atoms with van der Waals surface area (Å²) in [6.45, 7) is 2.15. The molecule has 1 N–H and O–H groups in total. The number of rotatable bonds is 5. The third-order valence-corrected chi connectivity index (χ3v) is 5.59. The van der Waals surface area contributed by atoms with E-state index in [1.807, 2.05) is 30.3 Å². The maximum atomic E-state index is 12.1. The lowest BCUT2D eigenvalue weighted by Crippen LogP contribution is -2.20. The number of carbonyl (C=O) groups is 1. The quantitative estimate of drug-likeness (QED) is 0.889. The molecule has 124 valence electrons. The fraction of sp³-hybridized carbons (Fsp3) is 0.368. The van der Waals surface area contributed by atoms with E-state index in [1.54, 1.807) is 11.3 Å². The lowest BCUT2D eigenvalue weighted by Gasteiger charge is -2.20. The van der Waals surface area contributed by atoms with Crippen LogP contribution in [-0.4, -0.2) is 12.5 Å². The van der Waals surface area contributed by atoms with Gasteiger partial charge in [-0.1, -0.05) is 31.5 Å². The highest BCUT2D eigenvalue weighted by molar-refractivity contribution is 7.16. The number of ether oxygens (including phenoxy) is 1. The first-order valence-electron chi connectivity index (χ1n) is 8.23. The molecule has 1 aromatic heterocycles. The molecule has 1 aliphatic rings. The van der Waals surface area contributed by atoms with Crippen LogP contribution in [0.15, 0.2) is 30.3 Å². The van der Waals surface area contributed by atoms with Crippen LogP contribution in [0.3, 0.4) is 0 Å². The summed E-state index contributed by atoms with van der Waals surface area (Å²) < 4.78 is 5.46. The van der Waals surface area contributed by atoms with E-state index in [0.717, 1.165) is 31.2 Å². The zero-order valence-corrected chi connectivity index (χ0v) is 14.5. The van der Waals surface area contributed by atoms with Gasteiger partial charge in [-0.3, -0.25) is 4.79 Å². The highest BCUT2D eigenvalue weighted by atomic mass is 32.1. The van der Waals surface area contributed by atoms with Crippen LogP contribution in [0.1, 0.15) is 35.8 Å². The van der Waals surface area contributed by atoms with Gasteiger partial charge in [0.1, 0.15) is 16.8 Å². The average molecular weight is 340 g/mol. The summed E-state index contributed by atoms with van der Waals surface area (Å²) in [6, 6.07) is 11.5. The minimum absolute atomic E-state index is 0.0605. The predicted octanol–water partition coefficient (Wildman–Crippen LogP) is 4.15. The second kappa shape index (κ2) is 7.50. The van der Waals surface area contributed by atoms with Crippen LogP contribution in [0.25, 0.3) is 0 Å². The van der Waals surface area contributed by atoms with E-state index in [4.69, 9.17) is 4.74 Å². The first kappa shape index (κ1) is 16.5. The number of benzene rings is 1. The number of nitriles is 1. The number of nitrogens with one attached hydrogen (secondary N) is 1. The molecule has 0 fully saturated rings. The largest absolute Gasteiger partial charge is 0.484 e. The third-order valence-electron chi connectivity index (χ3n) is 4.42. The van der Waals surface area contributed by atoms with Gasteiger partial charge in [-0.2, -0.15) is 5.26 Å². The number of nitrogens with zero attached hydrogens (tertiary/aromatic N) is 1. The van der Waals surface area contributed by atoms with Crippen molar-refractivity contribution in [3.63, 3.8) is 0 Å². The number of thiophene rings is 1. The Labute approximate surface area is 146 Å². The predicted molar refractivity (Wildman–Crippen MR) is 95.4 cm³/mol. The SMILES string of the molecule is CCC1CCc2c(sc(NC(=O)COc3ccccc3)c2C#N)C1.